The Kier molecular flexibility index (Phi) is 6.43. The van der Waals surface area contributed by atoms with Crippen LogP contribution in [0.1, 0.15) is 13.8 Å². The third-order valence-corrected chi connectivity index (χ3v) is 3.15. The number of nitrogens with zero attached hydrogens (tertiary/aromatic N) is 2. The molecule has 0 aliphatic carbocycles. The minimum absolute atomic E-state index is 0.354. The fraction of sp³-hybridized carbons (Fsp3) is 0.375. The molecular formula is C16H18F3N2O4+. The van der Waals surface area contributed by atoms with Gasteiger partial charge in [0, 0.05) is 16.6 Å². The Balaban J connectivity index is 0.000000333. The number of benzene rings is 1. The highest BCUT2D eigenvalue weighted by molar-refractivity contribution is 5.77. The van der Waals surface area contributed by atoms with Gasteiger partial charge in [-0.05, 0) is 19.9 Å². The average Bonchev–Trinajstić information content (AvgIpc) is 2.53. The van der Waals surface area contributed by atoms with E-state index in [1.807, 2.05) is 36.5 Å². The van der Waals surface area contributed by atoms with Crippen LogP contribution < -0.4 is 4.68 Å². The molecular weight excluding hydrogens is 341 g/mol. The van der Waals surface area contributed by atoms with E-state index in [9.17, 15) is 22.8 Å². The molecule has 2 rings (SSSR count). The average molecular weight is 359 g/mol. The van der Waals surface area contributed by atoms with Gasteiger partial charge in [-0.15, -0.1) is 0 Å². The first-order valence-corrected chi connectivity index (χ1v) is 7.11. The molecule has 0 amide bonds. The highest BCUT2D eigenvalue weighted by atomic mass is 19.4. The maximum absolute atomic E-state index is 11.0. The van der Waals surface area contributed by atoms with Crippen LogP contribution in [0.2, 0.25) is 0 Å². The number of esters is 1. The van der Waals surface area contributed by atoms with Gasteiger partial charge in [-0.25, -0.2) is 4.79 Å². The minimum atomic E-state index is -4.85. The largest absolute Gasteiger partial charge is 0.490 e. The van der Waals surface area contributed by atoms with Crippen molar-refractivity contribution in [3.63, 3.8) is 0 Å². The topological polar surface area (TPSA) is 80.4 Å². The van der Waals surface area contributed by atoms with Crippen molar-refractivity contribution >= 4 is 22.8 Å². The van der Waals surface area contributed by atoms with Gasteiger partial charge in [0.05, 0.1) is 7.11 Å². The van der Waals surface area contributed by atoms with Crippen LogP contribution in [0.25, 0.3) is 10.9 Å². The second-order valence-electron chi connectivity index (χ2n) is 5.75. The molecule has 1 heterocycles. The Morgan fingerprint density at radius 1 is 1.20 bits per heavy atom. The third kappa shape index (κ3) is 6.02. The first-order valence-electron chi connectivity index (χ1n) is 7.11. The van der Waals surface area contributed by atoms with Crippen LogP contribution in [0.15, 0.2) is 36.5 Å². The lowest BCUT2D eigenvalue weighted by Gasteiger charge is -2.13. The number of halogens is 3. The molecule has 6 nitrogen and oxygen atoms in total. The van der Waals surface area contributed by atoms with Gasteiger partial charge < -0.3 is 9.84 Å². The quantitative estimate of drug-likeness (QED) is 0.672. The molecule has 25 heavy (non-hydrogen) atoms. The molecule has 136 valence electrons. The van der Waals surface area contributed by atoms with Crippen LogP contribution in [0.3, 0.4) is 0 Å². The number of aromatic nitrogens is 2. The molecule has 1 N–H and O–H groups in total. The fourth-order valence-corrected chi connectivity index (χ4v) is 1.73. The summed E-state index contributed by atoms with van der Waals surface area (Å²) in [6.45, 7) is 3.74. The number of carboxylic acid groups (broad SMARTS) is 1. The van der Waals surface area contributed by atoms with Crippen molar-refractivity contribution in [1.82, 2.24) is 5.10 Å². The zero-order chi connectivity index (χ0) is 19.3. The number of hydrogen-bond donors (Lipinski definition) is 1. The van der Waals surface area contributed by atoms with Gasteiger partial charge in [-0.3, -0.25) is 4.79 Å². The number of ether oxygens (including phenoxy) is 1. The molecule has 1 aromatic heterocycles. The summed E-state index contributed by atoms with van der Waals surface area (Å²) < 4.78 is 38.0. The molecule has 9 heteroatoms. The Bertz CT molecular complexity index is 760. The van der Waals surface area contributed by atoms with Crippen LogP contribution in [-0.4, -0.2) is 35.4 Å². The number of aliphatic carboxylic acids is 1. The Morgan fingerprint density at radius 3 is 2.28 bits per heavy atom. The second kappa shape index (κ2) is 7.91. The highest BCUT2D eigenvalue weighted by Gasteiger charge is 2.40. The zero-order valence-corrected chi connectivity index (χ0v) is 13.9. The van der Waals surface area contributed by atoms with E-state index in [1.165, 1.54) is 0 Å². The lowest BCUT2D eigenvalue weighted by atomic mass is 9.94. The minimum Gasteiger partial charge on any atom is -0.481 e. The summed E-state index contributed by atoms with van der Waals surface area (Å²) in [5.74, 6) is -2.99. The van der Waals surface area contributed by atoms with E-state index in [4.69, 9.17) is 5.11 Å². The number of carboxylic acids is 1. The fourth-order valence-electron chi connectivity index (χ4n) is 1.73. The van der Waals surface area contributed by atoms with Crippen molar-refractivity contribution in [1.29, 1.82) is 0 Å². The number of rotatable bonds is 3. The number of hydrogen-bond acceptors (Lipinski definition) is 4. The molecule has 0 radical (unpaired) electrons. The maximum atomic E-state index is 11.0. The van der Waals surface area contributed by atoms with Crippen molar-refractivity contribution in [2.45, 2.75) is 26.6 Å². The molecule has 0 aliphatic heterocycles. The summed E-state index contributed by atoms with van der Waals surface area (Å²) in [5, 5.41) is 14.5. The van der Waals surface area contributed by atoms with E-state index in [2.05, 4.69) is 9.84 Å². The van der Waals surface area contributed by atoms with Crippen LogP contribution in [0.5, 0.6) is 0 Å². The van der Waals surface area contributed by atoms with E-state index in [0.29, 0.717) is 13.7 Å². The second-order valence-corrected chi connectivity index (χ2v) is 5.75. The first kappa shape index (κ1) is 20.3. The van der Waals surface area contributed by atoms with Crippen LogP contribution in [-0.2, 0) is 20.9 Å². The van der Waals surface area contributed by atoms with Crippen molar-refractivity contribution in [2.24, 2.45) is 5.41 Å². The molecule has 0 atom stereocenters. The van der Waals surface area contributed by atoms with Gasteiger partial charge in [0.25, 0.3) is 0 Å². The van der Waals surface area contributed by atoms with Crippen LogP contribution in [0, 0.1) is 5.41 Å². The molecule has 0 unspecified atom stereocenters. The number of methoxy groups -OCH3 is 1. The predicted molar refractivity (Wildman–Crippen MR) is 81.4 cm³/mol. The number of carbonyl (C=O) groups is 2. The first-order chi connectivity index (χ1) is 11.5. The monoisotopic (exact) mass is 359 g/mol. The summed E-state index contributed by atoms with van der Waals surface area (Å²) in [4.78, 5) is 20.5. The molecule has 0 saturated heterocycles. The number of fused-ring (bicyclic) bond motifs is 1. The third-order valence-electron chi connectivity index (χ3n) is 3.15. The van der Waals surface area contributed by atoms with Crippen LogP contribution >= 0.6 is 0 Å². The summed E-state index contributed by atoms with van der Waals surface area (Å²) in [7, 11) is 0.676. The van der Waals surface area contributed by atoms with Gasteiger partial charge >= 0.3 is 18.1 Å². The van der Waals surface area contributed by atoms with Crippen LogP contribution in [0.4, 0.5) is 13.2 Å². The van der Waals surface area contributed by atoms with Gasteiger partial charge in [-0.2, -0.15) is 13.2 Å². The van der Waals surface area contributed by atoms with Gasteiger partial charge in [0.1, 0.15) is 10.9 Å². The normalized spacial score (nSPS) is 11.4. The van der Waals surface area contributed by atoms with Gasteiger partial charge in [0.15, 0.2) is 12.7 Å². The summed E-state index contributed by atoms with van der Waals surface area (Å²) in [6, 6.07) is 9.71. The highest BCUT2D eigenvalue weighted by Crippen LogP contribution is 2.16. The molecule has 1 aromatic carbocycles. The summed E-state index contributed by atoms with van der Waals surface area (Å²) in [5.41, 5.74) is 0.0521. The Hall–Kier alpha value is -2.71. The molecule has 0 saturated carbocycles. The number of alkyl halides is 3. The summed E-state index contributed by atoms with van der Waals surface area (Å²) >= 11 is 0. The Morgan fingerprint density at radius 2 is 1.80 bits per heavy atom. The smallest absolute Gasteiger partial charge is 0.481 e. The zero-order valence-electron chi connectivity index (χ0n) is 13.9. The standard InChI is InChI=1S/C13H14N2O2.C3H3F3O2/c1-13(2,12(16)17)9-15-8-7-10-5-3-4-6-11(10)14-15;1-8-2(7)3(4,5)6/h3-8H,9H2,1-2H3;1H3/p+1. The van der Waals surface area contributed by atoms with Gasteiger partial charge in [-0.1, -0.05) is 22.9 Å². The lowest BCUT2D eigenvalue weighted by Crippen LogP contribution is -2.47. The molecule has 0 bridgehead atoms. The van der Waals surface area contributed by atoms with E-state index < -0.39 is 23.5 Å². The SMILES string of the molecule is CC(C)(C[n+]1ccc2ccccc2n1)C(=O)O.COC(=O)C(F)(F)F. The van der Waals surface area contributed by atoms with E-state index in [0.717, 1.165) is 10.9 Å². The van der Waals surface area contributed by atoms with E-state index >= 15 is 0 Å². The maximum Gasteiger partial charge on any atom is 0.490 e. The number of carbonyl (C=O) groups excluding carboxylic acids is 1. The Labute approximate surface area is 141 Å². The van der Waals surface area contributed by atoms with Gasteiger partial charge in [0.2, 0.25) is 0 Å². The molecule has 0 spiro atoms. The molecule has 2 aromatic rings. The summed E-state index contributed by atoms with van der Waals surface area (Å²) in [6.07, 6.45) is -3.04. The van der Waals surface area contributed by atoms with Crippen molar-refractivity contribution in [2.75, 3.05) is 7.11 Å². The van der Waals surface area contributed by atoms with Crippen molar-refractivity contribution in [3.8, 4) is 0 Å². The molecule has 0 aliphatic rings. The van der Waals surface area contributed by atoms with Crippen molar-refractivity contribution in [3.05, 3.63) is 36.5 Å². The van der Waals surface area contributed by atoms with E-state index in [-0.39, 0.29) is 0 Å². The van der Waals surface area contributed by atoms with Crippen molar-refractivity contribution < 1.29 is 37.3 Å². The van der Waals surface area contributed by atoms with E-state index in [1.54, 1.807) is 18.5 Å². The lowest BCUT2D eigenvalue weighted by molar-refractivity contribution is -0.759. The predicted octanol–water partition coefficient (Wildman–Crippen LogP) is 2.35. The molecule has 0 fully saturated rings.